The van der Waals surface area contributed by atoms with Crippen LogP contribution in [-0.2, 0) is 16.0 Å². The van der Waals surface area contributed by atoms with Gasteiger partial charge in [0.1, 0.15) is 0 Å². The zero-order valence-corrected chi connectivity index (χ0v) is 10.8. The Morgan fingerprint density at radius 1 is 1.47 bits per heavy atom. The maximum atomic E-state index is 10.9. The normalized spacial score (nSPS) is 10.4. The van der Waals surface area contributed by atoms with Gasteiger partial charge in [-0.2, -0.15) is 0 Å². The Bertz CT molecular complexity index is 405. The minimum absolute atomic E-state index is 0.358. The molecular formula is C15H20O2. The monoisotopic (exact) mass is 232 g/mol. The Balaban J connectivity index is 2.71. The summed E-state index contributed by atoms with van der Waals surface area (Å²) in [6, 6.07) is 6.44. The van der Waals surface area contributed by atoms with Gasteiger partial charge >= 0.3 is 5.97 Å². The lowest BCUT2D eigenvalue weighted by Gasteiger charge is -2.13. The molecule has 1 aromatic carbocycles. The first-order valence-electron chi connectivity index (χ1n) is 5.93. The first-order valence-corrected chi connectivity index (χ1v) is 5.93. The molecule has 0 spiro atoms. The third-order valence-electron chi connectivity index (χ3n) is 2.70. The van der Waals surface area contributed by atoms with Crippen LogP contribution in [0.1, 0.15) is 36.5 Å². The van der Waals surface area contributed by atoms with Crippen molar-refractivity contribution in [2.45, 2.75) is 33.1 Å². The highest BCUT2D eigenvalue weighted by molar-refractivity contribution is 5.81. The second-order valence-electron chi connectivity index (χ2n) is 4.48. The van der Waals surface area contributed by atoms with Gasteiger partial charge in [0.25, 0.3) is 0 Å². The van der Waals surface area contributed by atoms with E-state index in [1.807, 2.05) is 0 Å². The smallest absolute Gasteiger partial charge is 0.330 e. The summed E-state index contributed by atoms with van der Waals surface area (Å²) >= 11 is 0. The Labute approximate surface area is 103 Å². The van der Waals surface area contributed by atoms with Crippen molar-refractivity contribution >= 4 is 5.97 Å². The fraction of sp³-hybridized carbons (Fsp3) is 0.400. The van der Waals surface area contributed by atoms with Gasteiger partial charge in [0.2, 0.25) is 0 Å². The minimum Gasteiger partial charge on any atom is -0.462 e. The van der Waals surface area contributed by atoms with Gasteiger partial charge in [-0.15, -0.1) is 0 Å². The van der Waals surface area contributed by atoms with Gasteiger partial charge in [0, 0.05) is 12.5 Å². The molecule has 0 amide bonds. The van der Waals surface area contributed by atoms with E-state index in [1.165, 1.54) is 22.8 Å². The van der Waals surface area contributed by atoms with Crippen molar-refractivity contribution in [3.63, 3.8) is 0 Å². The topological polar surface area (TPSA) is 26.3 Å². The molecule has 0 aliphatic carbocycles. The van der Waals surface area contributed by atoms with E-state index in [1.54, 1.807) is 0 Å². The SMILES string of the molecule is C=CC(=O)OCCc1cc(C)ccc1C(C)C. The Hall–Kier alpha value is -1.57. The van der Waals surface area contributed by atoms with E-state index < -0.39 is 0 Å². The predicted molar refractivity (Wildman–Crippen MR) is 70.1 cm³/mol. The molecule has 92 valence electrons. The van der Waals surface area contributed by atoms with Crippen LogP contribution in [0.15, 0.2) is 30.9 Å². The summed E-state index contributed by atoms with van der Waals surface area (Å²) in [4.78, 5) is 10.9. The lowest BCUT2D eigenvalue weighted by atomic mass is 9.94. The van der Waals surface area contributed by atoms with E-state index in [2.05, 4.69) is 45.5 Å². The van der Waals surface area contributed by atoms with Crippen LogP contribution in [0.4, 0.5) is 0 Å². The molecule has 0 radical (unpaired) electrons. The van der Waals surface area contributed by atoms with Gasteiger partial charge in [-0.25, -0.2) is 4.79 Å². The van der Waals surface area contributed by atoms with Crippen LogP contribution in [0.25, 0.3) is 0 Å². The first-order chi connectivity index (χ1) is 8.04. The van der Waals surface area contributed by atoms with Crippen molar-refractivity contribution in [3.8, 4) is 0 Å². The number of carbonyl (C=O) groups excluding carboxylic acids is 1. The summed E-state index contributed by atoms with van der Waals surface area (Å²) in [5, 5.41) is 0. The number of rotatable bonds is 5. The number of hydrogen-bond acceptors (Lipinski definition) is 2. The molecule has 2 heteroatoms. The summed E-state index contributed by atoms with van der Waals surface area (Å²) in [7, 11) is 0. The molecule has 0 saturated heterocycles. The Morgan fingerprint density at radius 2 is 2.18 bits per heavy atom. The fourth-order valence-electron chi connectivity index (χ4n) is 1.83. The zero-order valence-electron chi connectivity index (χ0n) is 10.8. The predicted octanol–water partition coefficient (Wildman–Crippen LogP) is 3.39. The molecule has 0 saturated carbocycles. The van der Waals surface area contributed by atoms with Crippen molar-refractivity contribution in [1.82, 2.24) is 0 Å². The van der Waals surface area contributed by atoms with Gasteiger partial charge in [-0.1, -0.05) is 44.2 Å². The number of ether oxygens (including phenoxy) is 1. The van der Waals surface area contributed by atoms with E-state index in [4.69, 9.17) is 4.74 Å². The molecule has 0 bridgehead atoms. The molecule has 1 aromatic rings. The number of hydrogen-bond donors (Lipinski definition) is 0. The molecule has 2 nitrogen and oxygen atoms in total. The highest BCUT2D eigenvalue weighted by atomic mass is 16.5. The number of esters is 1. The molecule has 0 atom stereocenters. The van der Waals surface area contributed by atoms with Crippen molar-refractivity contribution in [3.05, 3.63) is 47.5 Å². The molecule has 17 heavy (non-hydrogen) atoms. The van der Waals surface area contributed by atoms with Crippen LogP contribution in [0.2, 0.25) is 0 Å². The van der Waals surface area contributed by atoms with E-state index in [0.717, 1.165) is 6.42 Å². The maximum Gasteiger partial charge on any atom is 0.330 e. The molecule has 0 N–H and O–H groups in total. The van der Waals surface area contributed by atoms with Gasteiger partial charge in [0.05, 0.1) is 6.61 Å². The van der Waals surface area contributed by atoms with Gasteiger partial charge < -0.3 is 4.74 Å². The quantitative estimate of drug-likeness (QED) is 0.574. The third-order valence-corrected chi connectivity index (χ3v) is 2.70. The fourth-order valence-corrected chi connectivity index (χ4v) is 1.83. The average molecular weight is 232 g/mol. The lowest BCUT2D eigenvalue weighted by molar-refractivity contribution is -0.137. The number of aryl methyl sites for hydroxylation is 1. The number of benzene rings is 1. The van der Waals surface area contributed by atoms with Gasteiger partial charge in [0.15, 0.2) is 0 Å². The molecule has 0 aliphatic heterocycles. The van der Waals surface area contributed by atoms with Crippen LogP contribution in [-0.4, -0.2) is 12.6 Å². The summed E-state index contributed by atoms with van der Waals surface area (Å²) in [5.41, 5.74) is 3.82. The summed E-state index contributed by atoms with van der Waals surface area (Å²) in [6.07, 6.45) is 1.95. The molecule has 0 aliphatic rings. The van der Waals surface area contributed by atoms with E-state index in [0.29, 0.717) is 12.5 Å². The third kappa shape index (κ3) is 4.06. The first kappa shape index (κ1) is 13.5. The summed E-state index contributed by atoms with van der Waals surface area (Å²) in [5.74, 6) is 0.129. The molecular weight excluding hydrogens is 212 g/mol. The van der Waals surface area contributed by atoms with Crippen LogP contribution in [0, 0.1) is 6.92 Å². The lowest BCUT2D eigenvalue weighted by Crippen LogP contribution is -2.06. The molecule has 0 aromatic heterocycles. The van der Waals surface area contributed by atoms with Crippen LogP contribution >= 0.6 is 0 Å². The van der Waals surface area contributed by atoms with Gasteiger partial charge in [-0.05, 0) is 24.0 Å². The maximum absolute atomic E-state index is 10.9. The zero-order chi connectivity index (χ0) is 12.8. The average Bonchev–Trinajstić information content (AvgIpc) is 2.28. The summed E-state index contributed by atoms with van der Waals surface area (Å²) in [6.45, 7) is 10.2. The minimum atomic E-state index is -0.358. The van der Waals surface area contributed by atoms with Gasteiger partial charge in [-0.3, -0.25) is 0 Å². The standard InChI is InChI=1S/C15H20O2/c1-5-15(16)17-9-8-13-10-12(4)6-7-14(13)11(2)3/h5-7,10-11H,1,8-9H2,2-4H3. The number of carbonyl (C=O) groups is 1. The van der Waals surface area contributed by atoms with Crippen LogP contribution in [0.3, 0.4) is 0 Å². The molecule has 0 unspecified atom stereocenters. The van der Waals surface area contributed by atoms with Crippen molar-refractivity contribution in [2.24, 2.45) is 0 Å². The Morgan fingerprint density at radius 3 is 2.76 bits per heavy atom. The van der Waals surface area contributed by atoms with Crippen molar-refractivity contribution in [1.29, 1.82) is 0 Å². The van der Waals surface area contributed by atoms with E-state index >= 15 is 0 Å². The molecule has 0 fully saturated rings. The highest BCUT2D eigenvalue weighted by Crippen LogP contribution is 2.21. The summed E-state index contributed by atoms with van der Waals surface area (Å²) < 4.78 is 5.01. The van der Waals surface area contributed by atoms with Crippen molar-refractivity contribution in [2.75, 3.05) is 6.61 Å². The van der Waals surface area contributed by atoms with Crippen molar-refractivity contribution < 1.29 is 9.53 Å². The van der Waals surface area contributed by atoms with E-state index in [9.17, 15) is 4.79 Å². The van der Waals surface area contributed by atoms with Crippen LogP contribution < -0.4 is 0 Å². The van der Waals surface area contributed by atoms with Crippen LogP contribution in [0.5, 0.6) is 0 Å². The highest BCUT2D eigenvalue weighted by Gasteiger charge is 2.07. The molecule has 0 heterocycles. The second-order valence-corrected chi connectivity index (χ2v) is 4.48. The van der Waals surface area contributed by atoms with E-state index in [-0.39, 0.29) is 5.97 Å². The second kappa shape index (κ2) is 6.24. The molecule has 1 rings (SSSR count). The largest absolute Gasteiger partial charge is 0.462 e. The Kier molecular flexibility index (Phi) is 4.95.